The third-order valence-electron chi connectivity index (χ3n) is 3.20. The number of aliphatic hydroxyl groups excluding tert-OH is 1. The zero-order chi connectivity index (χ0) is 13.8. The fraction of sp³-hybridized carbons (Fsp3) is 0.429. The Morgan fingerprint density at radius 1 is 1.63 bits per heavy atom. The molecule has 5 nitrogen and oxygen atoms in total. The summed E-state index contributed by atoms with van der Waals surface area (Å²) in [5, 5.41) is 21.5. The summed E-state index contributed by atoms with van der Waals surface area (Å²) in [4.78, 5) is 11.5. The van der Waals surface area contributed by atoms with Crippen molar-refractivity contribution < 1.29 is 14.6 Å². The van der Waals surface area contributed by atoms with E-state index in [2.05, 4.69) is 5.32 Å². The number of nitrogens with zero attached hydrogens (tertiary/aromatic N) is 1. The lowest BCUT2D eigenvalue weighted by atomic mass is 9.98. The number of rotatable bonds is 2. The summed E-state index contributed by atoms with van der Waals surface area (Å²) in [5.41, 5.74) is 1.64. The molecule has 1 aliphatic rings. The number of para-hydroxylation sites is 1. The van der Waals surface area contributed by atoms with Gasteiger partial charge in [-0.2, -0.15) is 5.26 Å². The van der Waals surface area contributed by atoms with Gasteiger partial charge in [0.2, 0.25) is 5.91 Å². The molecule has 0 bridgehead atoms. The third-order valence-corrected chi connectivity index (χ3v) is 3.20. The van der Waals surface area contributed by atoms with Crippen LogP contribution in [0.5, 0.6) is 5.75 Å². The normalized spacial score (nSPS) is 21.5. The number of carbonyl (C=O) groups is 1. The van der Waals surface area contributed by atoms with E-state index in [4.69, 9.17) is 10.00 Å². The molecule has 100 valence electrons. The average Bonchev–Trinajstić information content (AvgIpc) is 2.53. The highest BCUT2D eigenvalue weighted by atomic mass is 16.5. The summed E-state index contributed by atoms with van der Waals surface area (Å²) >= 11 is 0. The first-order valence-corrected chi connectivity index (χ1v) is 6.20. The van der Waals surface area contributed by atoms with Crippen LogP contribution in [0.3, 0.4) is 0 Å². The number of fused-ring (bicyclic) bond motifs is 1. The monoisotopic (exact) mass is 260 g/mol. The minimum atomic E-state index is -0.819. The van der Waals surface area contributed by atoms with E-state index in [9.17, 15) is 9.90 Å². The highest BCUT2D eigenvalue weighted by molar-refractivity contribution is 5.78. The van der Waals surface area contributed by atoms with Crippen LogP contribution < -0.4 is 10.1 Å². The van der Waals surface area contributed by atoms with Crippen LogP contribution in [0.15, 0.2) is 18.2 Å². The first kappa shape index (κ1) is 13.4. The molecule has 1 heterocycles. The molecule has 1 aromatic carbocycles. The second kappa shape index (κ2) is 5.72. The Morgan fingerprint density at radius 3 is 3.16 bits per heavy atom. The molecule has 0 aromatic heterocycles. The van der Waals surface area contributed by atoms with E-state index in [1.807, 2.05) is 19.1 Å². The molecule has 0 spiro atoms. The van der Waals surface area contributed by atoms with Gasteiger partial charge < -0.3 is 15.2 Å². The van der Waals surface area contributed by atoms with E-state index in [0.29, 0.717) is 24.3 Å². The molecule has 0 radical (unpaired) electrons. The van der Waals surface area contributed by atoms with Gasteiger partial charge in [-0.1, -0.05) is 18.2 Å². The minimum absolute atomic E-state index is 0.204. The maximum absolute atomic E-state index is 11.5. The van der Waals surface area contributed by atoms with Gasteiger partial charge in [0.25, 0.3) is 0 Å². The Kier molecular flexibility index (Phi) is 4.03. The molecule has 0 saturated carbocycles. The van der Waals surface area contributed by atoms with Crippen LogP contribution in [0.2, 0.25) is 0 Å². The summed E-state index contributed by atoms with van der Waals surface area (Å²) in [6.07, 6.45) is -0.517. The molecular weight excluding hydrogens is 244 g/mol. The number of nitrogens with one attached hydrogen (secondary N) is 1. The van der Waals surface area contributed by atoms with E-state index in [0.717, 1.165) is 5.56 Å². The lowest BCUT2D eigenvalue weighted by molar-refractivity contribution is -0.121. The van der Waals surface area contributed by atoms with Crippen LogP contribution in [0, 0.1) is 18.3 Å². The van der Waals surface area contributed by atoms with Crippen molar-refractivity contribution in [3.63, 3.8) is 0 Å². The first-order valence-electron chi connectivity index (χ1n) is 6.20. The van der Waals surface area contributed by atoms with Crippen molar-refractivity contribution in [2.75, 3.05) is 6.61 Å². The number of aliphatic hydroxyl groups is 1. The fourth-order valence-corrected chi connectivity index (χ4v) is 2.25. The highest BCUT2D eigenvalue weighted by Crippen LogP contribution is 2.34. The summed E-state index contributed by atoms with van der Waals surface area (Å²) in [5.74, 6) is 0.315. The summed E-state index contributed by atoms with van der Waals surface area (Å²) in [6.45, 7) is 2.34. The molecule has 2 N–H and O–H groups in total. The molecule has 0 saturated heterocycles. The largest absolute Gasteiger partial charge is 0.493 e. The van der Waals surface area contributed by atoms with E-state index in [1.54, 1.807) is 12.1 Å². The lowest BCUT2D eigenvalue weighted by Gasteiger charge is -2.21. The van der Waals surface area contributed by atoms with Crippen LogP contribution >= 0.6 is 0 Å². The van der Waals surface area contributed by atoms with Gasteiger partial charge in [0.15, 0.2) is 0 Å². The topological polar surface area (TPSA) is 82.3 Å². The van der Waals surface area contributed by atoms with Crippen molar-refractivity contribution in [3.05, 3.63) is 29.3 Å². The fourth-order valence-electron chi connectivity index (χ4n) is 2.25. The predicted octanol–water partition coefficient (Wildman–Crippen LogP) is 1.21. The molecule has 1 aliphatic heterocycles. The van der Waals surface area contributed by atoms with Gasteiger partial charge in [-0.3, -0.25) is 4.79 Å². The second-order valence-electron chi connectivity index (χ2n) is 4.58. The molecule has 1 aromatic rings. The lowest BCUT2D eigenvalue weighted by Crippen LogP contribution is -2.39. The summed E-state index contributed by atoms with van der Waals surface area (Å²) < 4.78 is 5.65. The quantitative estimate of drug-likeness (QED) is 0.837. The number of nitriles is 1. The number of benzene rings is 1. The van der Waals surface area contributed by atoms with Gasteiger partial charge in [-0.15, -0.1) is 0 Å². The minimum Gasteiger partial charge on any atom is -0.493 e. The number of aryl methyl sites for hydroxylation is 1. The number of amides is 1. The number of ether oxygens (including phenoxy) is 1. The molecule has 0 fully saturated rings. The maximum atomic E-state index is 11.5. The predicted molar refractivity (Wildman–Crippen MR) is 68.4 cm³/mol. The van der Waals surface area contributed by atoms with Gasteiger partial charge in [-0.05, 0) is 12.5 Å². The molecule has 19 heavy (non-hydrogen) atoms. The van der Waals surface area contributed by atoms with Crippen molar-refractivity contribution in [3.8, 4) is 11.8 Å². The molecule has 0 aliphatic carbocycles. The van der Waals surface area contributed by atoms with Crippen LogP contribution in [0.25, 0.3) is 0 Å². The number of hydrogen-bond donors (Lipinski definition) is 2. The molecule has 2 unspecified atom stereocenters. The highest BCUT2D eigenvalue weighted by Gasteiger charge is 2.28. The molecule has 1 amide bonds. The van der Waals surface area contributed by atoms with Gasteiger partial charge in [-0.25, -0.2) is 0 Å². The van der Waals surface area contributed by atoms with E-state index < -0.39 is 12.1 Å². The molecule has 5 heteroatoms. The Morgan fingerprint density at radius 2 is 2.42 bits per heavy atom. The zero-order valence-electron chi connectivity index (χ0n) is 10.7. The Bertz CT molecular complexity index is 522. The van der Waals surface area contributed by atoms with Crippen LogP contribution in [-0.4, -0.2) is 23.7 Å². The van der Waals surface area contributed by atoms with E-state index in [-0.39, 0.29) is 12.3 Å². The average molecular weight is 260 g/mol. The van der Waals surface area contributed by atoms with Gasteiger partial charge in [0.05, 0.1) is 18.7 Å². The third kappa shape index (κ3) is 2.85. The van der Waals surface area contributed by atoms with Gasteiger partial charge in [0, 0.05) is 12.0 Å². The van der Waals surface area contributed by atoms with Crippen molar-refractivity contribution in [2.24, 2.45) is 0 Å². The van der Waals surface area contributed by atoms with Crippen LogP contribution in [-0.2, 0) is 4.79 Å². The first-order chi connectivity index (χ1) is 9.13. The Balaban J connectivity index is 2.22. The molecule has 2 atom stereocenters. The number of hydrogen-bond acceptors (Lipinski definition) is 4. The summed E-state index contributed by atoms with van der Waals surface area (Å²) in [7, 11) is 0. The number of carbonyl (C=O) groups excluding carboxylic acids is 1. The second-order valence-corrected chi connectivity index (χ2v) is 4.58. The van der Waals surface area contributed by atoms with Crippen LogP contribution in [0.1, 0.15) is 30.1 Å². The maximum Gasteiger partial charge on any atom is 0.234 e. The summed E-state index contributed by atoms with van der Waals surface area (Å²) in [6, 6.07) is 6.92. The van der Waals surface area contributed by atoms with Crippen molar-refractivity contribution in [1.82, 2.24) is 5.32 Å². The zero-order valence-corrected chi connectivity index (χ0v) is 10.7. The smallest absolute Gasteiger partial charge is 0.234 e. The Hall–Kier alpha value is -2.06. The van der Waals surface area contributed by atoms with Crippen molar-refractivity contribution in [2.45, 2.75) is 31.9 Å². The van der Waals surface area contributed by atoms with E-state index >= 15 is 0 Å². The van der Waals surface area contributed by atoms with Crippen molar-refractivity contribution >= 4 is 5.91 Å². The van der Waals surface area contributed by atoms with Gasteiger partial charge in [0.1, 0.15) is 18.3 Å². The molecular formula is C14H16N2O3. The SMILES string of the molecule is Cc1cccc2c1OCCC(NC(=O)CC#N)C2O. The van der Waals surface area contributed by atoms with E-state index in [1.165, 1.54) is 0 Å². The van der Waals surface area contributed by atoms with Crippen LogP contribution in [0.4, 0.5) is 0 Å². The standard InChI is InChI=1S/C14H16N2O3/c1-9-3-2-4-10-13(18)11(6-8-19-14(9)10)16-12(17)5-7-15/h2-4,11,13,18H,5-6,8H2,1H3,(H,16,17). The van der Waals surface area contributed by atoms with Gasteiger partial charge >= 0.3 is 0 Å². The molecule has 2 rings (SSSR count). The van der Waals surface area contributed by atoms with Crippen molar-refractivity contribution in [1.29, 1.82) is 5.26 Å². The Labute approximate surface area is 111 Å².